The molecule has 2 atom stereocenters. The first-order valence-corrected chi connectivity index (χ1v) is 7.14. The number of nitrogens with one attached hydrogen (secondary N) is 2. The summed E-state index contributed by atoms with van der Waals surface area (Å²) in [4.78, 5) is 24.8. The smallest absolute Gasteiger partial charge is 0.287 e. The molecule has 2 heterocycles. The van der Waals surface area contributed by atoms with Crippen molar-refractivity contribution in [2.45, 2.75) is 25.9 Å². The Morgan fingerprint density at radius 2 is 2.00 bits per heavy atom. The zero-order valence-electron chi connectivity index (χ0n) is 11.3. The Balaban J connectivity index is 1.87. The lowest BCUT2D eigenvalue weighted by molar-refractivity contribution is -0.123. The van der Waals surface area contributed by atoms with Gasteiger partial charge in [-0.25, -0.2) is 0 Å². The number of carbonyl (C=O) groups excluding carboxylic acids is 2. The molecular weight excluding hydrogens is 276 g/mol. The van der Waals surface area contributed by atoms with Crippen LogP contribution in [0.4, 0.5) is 0 Å². The molecule has 0 aliphatic carbocycles. The second-order valence-electron chi connectivity index (χ2n) is 4.42. The number of amides is 2. The van der Waals surface area contributed by atoms with Gasteiger partial charge in [-0.1, -0.05) is 6.07 Å². The van der Waals surface area contributed by atoms with Gasteiger partial charge in [-0.2, -0.15) is 0 Å². The van der Waals surface area contributed by atoms with Gasteiger partial charge in [0.2, 0.25) is 5.91 Å². The van der Waals surface area contributed by atoms with E-state index >= 15 is 0 Å². The van der Waals surface area contributed by atoms with E-state index < -0.39 is 11.9 Å². The summed E-state index contributed by atoms with van der Waals surface area (Å²) in [6.45, 7) is 3.54. The Labute approximate surface area is 121 Å². The topological polar surface area (TPSA) is 71.3 Å². The molecule has 20 heavy (non-hydrogen) atoms. The van der Waals surface area contributed by atoms with Crippen molar-refractivity contribution in [1.82, 2.24) is 10.6 Å². The van der Waals surface area contributed by atoms with Gasteiger partial charge < -0.3 is 15.1 Å². The quantitative estimate of drug-likeness (QED) is 0.888. The molecule has 5 nitrogen and oxygen atoms in total. The summed E-state index contributed by atoms with van der Waals surface area (Å²) >= 11 is 1.58. The third kappa shape index (κ3) is 3.48. The third-order valence-electron chi connectivity index (χ3n) is 2.81. The molecule has 0 spiro atoms. The highest BCUT2D eigenvalue weighted by molar-refractivity contribution is 7.10. The highest BCUT2D eigenvalue weighted by atomic mass is 32.1. The van der Waals surface area contributed by atoms with Gasteiger partial charge in [-0.3, -0.25) is 9.59 Å². The average molecular weight is 292 g/mol. The number of rotatable bonds is 5. The summed E-state index contributed by atoms with van der Waals surface area (Å²) in [5.41, 5.74) is 0. The van der Waals surface area contributed by atoms with Crippen molar-refractivity contribution >= 4 is 23.2 Å². The standard InChI is InChI=1S/C14H16N2O3S/c1-9(12-6-4-8-20-12)15-13(17)10(2)16-14(18)11-5-3-7-19-11/h3-10H,1-2H3,(H,15,17)(H,16,18). The van der Waals surface area contributed by atoms with Gasteiger partial charge in [0.25, 0.3) is 5.91 Å². The Morgan fingerprint density at radius 1 is 1.20 bits per heavy atom. The molecule has 2 amide bonds. The molecule has 2 rings (SSSR count). The molecule has 106 valence electrons. The second-order valence-corrected chi connectivity index (χ2v) is 5.40. The minimum absolute atomic E-state index is 0.0783. The lowest BCUT2D eigenvalue weighted by Crippen LogP contribution is -2.45. The normalized spacial score (nSPS) is 13.5. The van der Waals surface area contributed by atoms with Crippen molar-refractivity contribution in [3.63, 3.8) is 0 Å². The zero-order valence-corrected chi connectivity index (χ0v) is 12.1. The van der Waals surface area contributed by atoms with Gasteiger partial charge in [0.05, 0.1) is 12.3 Å². The number of hydrogen-bond acceptors (Lipinski definition) is 4. The van der Waals surface area contributed by atoms with E-state index in [1.807, 2.05) is 24.4 Å². The van der Waals surface area contributed by atoms with Crippen LogP contribution in [-0.4, -0.2) is 17.9 Å². The van der Waals surface area contributed by atoms with Gasteiger partial charge >= 0.3 is 0 Å². The number of thiophene rings is 1. The van der Waals surface area contributed by atoms with Crippen molar-refractivity contribution < 1.29 is 14.0 Å². The third-order valence-corrected chi connectivity index (χ3v) is 3.87. The molecule has 0 bridgehead atoms. The Hall–Kier alpha value is -2.08. The Morgan fingerprint density at radius 3 is 2.60 bits per heavy atom. The van der Waals surface area contributed by atoms with Crippen molar-refractivity contribution in [2.24, 2.45) is 0 Å². The Kier molecular flexibility index (Phi) is 4.57. The van der Waals surface area contributed by atoms with Crippen LogP contribution in [0.5, 0.6) is 0 Å². The number of carbonyl (C=O) groups is 2. The SMILES string of the molecule is CC(NC(=O)c1ccco1)C(=O)NC(C)c1cccs1. The van der Waals surface area contributed by atoms with Crippen molar-refractivity contribution in [3.8, 4) is 0 Å². The predicted molar refractivity (Wildman–Crippen MR) is 76.5 cm³/mol. The van der Waals surface area contributed by atoms with Gasteiger partial charge in [0.15, 0.2) is 5.76 Å². The Bertz CT molecular complexity index is 563. The largest absolute Gasteiger partial charge is 0.459 e. The summed E-state index contributed by atoms with van der Waals surface area (Å²) in [6, 6.07) is 6.36. The maximum atomic E-state index is 12.0. The van der Waals surface area contributed by atoms with Crippen LogP contribution in [0.1, 0.15) is 35.3 Å². The van der Waals surface area contributed by atoms with E-state index in [0.29, 0.717) is 0 Å². The first kappa shape index (κ1) is 14.3. The molecule has 2 aromatic rings. The number of hydrogen-bond donors (Lipinski definition) is 2. The minimum Gasteiger partial charge on any atom is -0.459 e. The molecule has 0 aromatic carbocycles. The fraction of sp³-hybridized carbons (Fsp3) is 0.286. The molecule has 0 fully saturated rings. The summed E-state index contributed by atoms with van der Waals surface area (Å²) < 4.78 is 4.97. The lowest BCUT2D eigenvalue weighted by atomic mass is 10.2. The maximum absolute atomic E-state index is 12.0. The first-order chi connectivity index (χ1) is 9.58. The van der Waals surface area contributed by atoms with Crippen LogP contribution in [-0.2, 0) is 4.79 Å². The van der Waals surface area contributed by atoms with Crippen molar-refractivity contribution in [3.05, 3.63) is 46.5 Å². The highest BCUT2D eigenvalue weighted by Crippen LogP contribution is 2.18. The molecule has 0 radical (unpaired) electrons. The van der Waals surface area contributed by atoms with Gasteiger partial charge in [0, 0.05) is 4.88 Å². The molecule has 0 saturated carbocycles. The van der Waals surface area contributed by atoms with Crippen LogP contribution in [0, 0.1) is 0 Å². The van der Waals surface area contributed by atoms with E-state index in [2.05, 4.69) is 10.6 Å². The predicted octanol–water partition coefficient (Wildman–Crippen LogP) is 2.34. The lowest BCUT2D eigenvalue weighted by Gasteiger charge is -2.17. The summed E-state index contributed by atoms with van der Waals surface area (Å²) in [6.07, 6.45) is 1.42. The van der Waals surface area contributed by atoms with E-state index in [9.17, 15) is 9.59 Å². The van der Waals surface area contributed by atoms with Gasteiger partial charge in [-0.15, -0.1) is 11.3 Å². The van der Waals surface area contributed by atoms with E-state index in [1.54, 1.807) is 30.4 Å². The van der Waals surface area contributed by atoms with Gasteiger partial charge in [-0.05, 0) is 37.4 Å². The van der Waals surface area contributed by atoms with E-state index in [0.717, 1.165) is 4.88 Å². The molecule has 2 unspecified atom stereocenters. The fourth-order valence-electron chi connectivity index (χ4n) is 1.69. The summed E-state index contributed by atoms with van der Waals surface area (Å²) in [7, 11) is 0. The maximum Gasteiger partial charge on any atom is 0.287 e. The highest BCUT2D eigenvalue weighted by Gasteiger charge is 2.20. The van der Waals surface area contributed by atoms with Gasteiger partial charge in [0.1, 0.15) is 6.04 Å². The van der Waals surface area contributed by atoms with Crippen LogP contribution in [0.15, 0.2) is 40.3 Å². The van der Waals surface area contributed by atoms with Crippen LogP contribution in [0.2, 0.25) is 0 Å². The molecule has 2 aromatic heterocycles. The van der Waals surface area contributed by atoms with Crippen LogP contribution >= 0.6 is 11.3 Å². The van der Waals surface area contributed by atoms with Crippen molar-refractivity contribution in [1.29, 1.82) is 0 Å². The van der Waals surface area contributed by atoms with Crippen molar-refractivity contribution in [2.75, 3.05) is 0 Å². The molecule has 0 aliphatic rings. The zero-order chi connectivity index (χ0) is 14.5. The summed E-state index contributed by atoms with van der Waals surface area (Å²) in [5.74, 6) is -0.441. The monoisotopic (exact) mass is 292 g/mol. The molecule has 6 heteroatoms. The first-order valence-electron chi connectivity index (χ1n) is 6.26. The molecular formula is C14H16N2O3S. The minimum atomic E-state index is -0.630. The molecule has 0 saturated heterocycles. The van der Waals surface area contributed by atoms with E-state index in [1.165, 1.54) is 6.26 Å². The molecule has 2 N–H and O–H groups in total. The summed E-state index contributed by atoms with van der Waals surface area (Å²) in [5, 5.41) is 7.41. The average Bonchev–Trinajstić information content (AvgIpc) is 3.11. The molecule has 0 aliphatic heterocycles. The van der Waals surface area contributed by atoms with Crippen LogP contribution < -0.4 is 10.6 Å². The van der Waals surface area contributed by atoms with E-state index in [4.69, 9.17) is 4.42 Å². The van der Waals surface area contributed by atoms with Crippen LogP contribution in [0.3, 0.4) is 0 Å². The fourth-order valence-corrected chi connectivity index (χ4v) is 2.42. The second kappa shape index (κ2) is 6.38. The number of furan rings is 1. The van der Waals surface area contributed by atoms with E-state index in [-0.39, 0.29) is 17.7 Å². The van der Waals surface area contributed by atoms with Crippen LogP contribution in [0.25, 0.3) is 0 Å².